The molecule has 6 nitrogen and oxygen atoms in total. The van der Waals surface area contributed by atoms with Crippen molar-refractivity contribution in [3.8, 4) is 0 Å². The molecule has 0 aliphatic heterocycles. The van der Waals surface area contributed by atoms with Gasteiger partial charge >= 0.3 is 5.97 Å². The van der Waals surface area contributed by atoms with Gasteiger partial charge in [-0.25, -0.2) is 4.79 Å². The molecule has 0 aliphatic carbocycles. The maximum absolute atomic E-state index is 10.7. The molecule has 2 N–H and O–H groups in total. The monoisotopic (exact) mass is 257 g/mol. The zero-order chi connectivity index (χ0) is 12.5. The third-order valence-electron chi connectivity index (χ3n) is 2.14. The minimum absolute atomic E-state index is 0.424. The summed E-state index contributed by atoms with van der Waals surface area (Å²) in [5.74, 6) is 0.568. The van der Waals surface area contributed by atoms with Crippen molar-refractivity contribution in [3.63, 3.8) is 0 Å². The van der Waals surface area contributed by atoms with Gasteiger partial charge in [0.2, 0.25) is 6.41 Å². The quantitative estimate of drug-likeness (QED) is 0.488. The molecule has 0 radical (unpaired) electrons. The summed E-state index contributed by atoms with van der Waals surface area (Å²) < 4.78 is 1.82. The van der Waals surface area contributed by atoms with Gasteiger partial charge in [0, 0.05) is 24.7 Å². The highest BCUT2D eigenvalue weighted by atomic mass is 32.2. The number of aliphatic carboxylic acids is 1. The lowest BCUT2D eigenvalue weighted by Gasteiger charge is -2.10. The van der Waals surface area contributed by atoms with Gasteiger partial charge in [-0.1, -0.05) is 0 Å². The summed E-state index contributed by atoms with van der Waals surface area (Å²) in [5.41, 5.74) is 0. The third kappa shape index (κ3) is 5.39. The molecule has 1 aromatic heterocycles. The van der Waals surface area contributed by atoms with E-state index in [1.807, 2.05) is 16.9 Å². The van der Waals surface area contributed by atoms with E-state index in [9.17, 15) is 9.59 Å². The molecular weight excluding hydrogens is 242 g/mol. The van der Waals surface area contributed by atoms with Crippen LogP contribution in [0.15, 0.2) is 18.5 Å². The van der Waals surface area contributed by atoms with Crippen molar-refractivity contribution in [3.05, 3.63) is 18.5 Å². The molecule has 0 spiro atoms. The summed E-state index contributed by atoms with van der Waals surface area (Å²) >= 11 is 1.64. The highest BCUT2D eigenvalue weighted by Gasteiger charge is 2.15. The van der Waals surface area contributed by atoms with Crippen LogP contribution in [0.25, 0.3) is 0 Å². The smallest absolute Gasteiger partial charge is 0.326 e. The minimum Gasteiger partial charge on any atom is -0.480 e. The van der Waals surface area contributed by atoms with Gasteiger partial charge in [0.25, 0.3) is 0 Å². The Hall–Kier alpha value is -1.50. The molecule has 1 rings (SSSR count). The molecule has 17 heavy (non-hydrogen) atoms. The van der Waals surface area contributed by atoms with Crippen LogP contribution >= 0.6 is 11.8 Å². The Labute approximate surface area is 103 Å². The topological polar surface area (TPSA) is 84.2 Å². The van der Waals surface area contributed by atoms with Crippen LogP contribution in [-0.2, 0) is 16.1 Å². The van der Waals surface area contributed by atoms with Gasteiger partial charge in [-0.2, -0.15) is 16.9 Å². The van der Waals surface area contributed by atoms with Crippen LogP contribution in [0.1, 0.15) is 6.42 Å². The number of nitrogens with one attached hydrogen (secondary N) is 1. The van der Waals surface area contributed by atoms with Gasteiger partial charge in [-0.15, -0.1) is 0 Å². The normalized spacial score (nSPS) is 12.0. The van der Waals surface area contributed by atoms with Crippen molar-refractivity contribution in [2.24, 2.45) is 0 Å². The average Bonchev–Trinajstić information content (AvgIpc) is 2.80. The highest BCUT2D eigenvalue weighted by Crippen LogP contribution is 2.06. The lowest BCUT2D eigenvalue weighted by atomic mass is 10.2. The Balaban J connectivity index is 2.10. The van der Waals surface area contributed by atoms with Gasteiger partial charge in [-0.3, -0.25) is 9.48 Å². The number of thioether (sulfide) groups is 1. The van der Waals surface area contributed by atoms with Crippen molar-refractivity contribution in [2.45, 2.75) is 19.0 Å². The van der Waals surface area contributed by atoms with Crippen LogP contribution in [0, 0.1) is 0 Å². The van der Waals surface area contributed by atoms with E-state index in [0.29, 0.717) is 18.6 Å². The van der Waals surface area contributed by atoms with Gasteiger partial charge < -0.3 is 10.4 Å². The fourth-order valence-electron chi connectivity index (χ4n) is 1.25. The number of carbonyl (C=O) groups is 2. The van der Waals surface area contributed by atoms with Crippen LogP contribution in [0.5, 0.6) is 0 Å². The molecule has 0 saturated heterocycles. The van der Waals surface area contributed by atoms with Crippen molar-refractivity contribution >= 4 is 24.1 Å². The number of carboxylic acids is 1. The number of nitrogens with zero attached hydrogens (tertiary/aromatic N) is 2. The molecule has 1 aromatic rings. The second kappa shape index (κ2) is 7.72. The maximum Gasteiger partial charge on any atom is 0.326 e. The zero-order valence-corrected chi connectivity index (χ0v) is 10.1. The predicted octanol–water partition coefficient (Wildman–Crippen LogP) is 0.206. The Morgan fingerprint density at radius 3 is 3.00 bits per heavy atom. The molecular formula is C10H15N3O3S. The minimum atomic E-state index is -0.996. The van der Waals surface area contributed by atoms with E-state index in [1.54, 1.807) is 18.0 Å². The van der Waals surface area contributed by atoms with Gasteiger partial charge in [0.1, 0.15) is 6.04 Å². The number of hydrogen-bond donors (Lipinski definition) is 2. The Kier molecular flexibility index (Phi) is 6.16. The summed E-state index contributed by atoms with van der Waals surface area (Å²) in [6, 6.07) is 1.07. The first kappa shape index (κ1) is 13.6. The van der Waals surface area contributed by atoms with Crippen LogP contribution in [-0.4, -0.2) is 44.8 Å². The molecule has 7 heteroatoms. The van der Waals surface area contributed by atoms with E-state index in [-0.39, 0.29) is 0 Å². The number of carbonyl (C=O) groups excluding carboxylic acids is 1. The molecule has 0 fully saturated rings. The molecule has 0 saturated carbocycles. The summed E-state index contributed by atoms with van der Waals surface area (Å²) in [6.45, 7) is 0.802. The van der Waals surface area contributed by atoms with Gasteiger partial charge in [-0.05, 0) is 18.2 Å². The fourth-order valence-corrected chi connectivity index (χ4v) is 2.18. The van der Waals surface area contributed by atoms with E-state index in [2.05, 4.69) is 10.4 Å². The van der Waals surface area contributed by atoms with Crippen LogP contribution in [0.3, 0.4) is 0 Å². The lowest BCUT2D eigenvalue weighted by Crippen LogP contribution is -2.36. The number of aromatic nitrogens is 2. The summed E-state index contributed by atoms with van der Waals surface area (Å²) in [7, 11) is 0. The SMILES string of the molecule is O=CNC(CCSCCn1cccn1)C(=O)O. The second-order valence-corrected chi connectivity index (χ2v) is 4.57. The number of aryl methyl sites for hydroxylation is 1. The highest BCUT2D eigenvalue weighted by molar-refractivity contribution is 7.99. The molecule has 1 heterocycles. The predicted molar refractivity (Wildman–Crippen MR) is 64.8 cm³/mol. The molecule has 94 valence electrons. The van der Waals surface area contributed by atoms with Crippen LogP contribution < -0.4 is 5.32 Å². The van der Waals surface area contributed by atoms with E-state index in [0.717, 1.165) is 12.3 Å². The average molecular weight is 257 g/mol. The van der Waals surface area contributed by atoms with Crippen LogP contribution in [0.2, 0.25) is 0 Å². The molecule has 1 atom stereocenters. The number of amides is 1. The molecule has 0 aromatic carbocycles. The van der Waals surface area contributed by atoms with Crippen molar-refractivity contribution in [1.29, 1.82) is 0 Å². The van der Waals surface area contributed by atoms with Crippen molar-refractivity contribution in [1.82, 2.24) is 15.1 Å². The Morgan fingerprint density at radius 2 is 2.41 bits per heavy atom. The number of rotatable bonds is 9. The molecule has 1 amide bonds. The Morgan fingerprint density at radius 1 is 1.59 bits per heavy atom. The first-order valence-electron chi connectivity index (χ1n) is 5.21. The first-order valence-corrected chi connectivity index (χ1v) is 6.37. The molecule has 1 unspecified atom stereocenters. The van der Waals surface area contributed by atoms with E-state index < -0.39 is 12.0 Å². The lowest BCUT2D eigenvalue weighted by molar-refractivity contribution is -0.140. The van der Waals surface area contributed by atoms with Gasteiger partial charge in [0.05, 0.1) is 0 Å². The van der Waals surface area contributed by atoms with Crippen molar-refractivity contribution in [2.75, 3.05) is 11.5 Å². The van der Waals surface area contributed by atoms with E-state index >= 15 is 0 Å². The zero-order valence-electron chi connectivity index (χ0n) is 9.28. The van der Waals surface area contributed by atoms with Gasteiger partial charge in [0.15, 0.2) is 0 Å². The van der Waals surface area contributed by atoms with Crippen LogP contribution in [0.4, 0.5) is 0 Å². The van der Waals surface area contributed by atoms with Crippen molar-refractivity contribution < 1.29 is 14.7 Å². The first-order chi connectivity index (χ1) is 8.24. The number of carboxylic acid groups (broad SMARTS) is 1. The molecule has 0 aliphatic rings. The maximum atomic E-state index is 10.7. The number of hydrogen-bond acceptors (Lipinski definition) is 4. The Bertz CT molecular complexity index is 343. The largest absolute Gasteiger partial charge is 0.480 e. The van der Waals surface area contributed by atoms with E-state index in [1.165, 1.54) is 0 Å². The summed E-state index contributed by atoms with van der Waals surface area (Å²) in [5, 5.41) is 15.1. The third-order valence-corrected chi connectivity index (χ3v) is 3.14. The fraction of sp³-hybridized carbons (Fsp3) is 0.500. The standard InChI is InChI=1S/C10H15N3O3S/c14-8-11-9(10(15)16)2-6-17-7-5-13-4-1-3-12-13/h1,3-4,8-9H,2,5-7H2,(H,11,14)(H,15,16). The summed E-state index contributed by atoms with van der Waals surface area (Å²) in [4.78, 5) is 20.9. The summed E-state index contributed by atoms with van der Waals surface area (Å²) in [6.07, 6.45) is 4.46. The van der Waals surface area contributed by atoms with E-state index in [4.69, 9.17) is 5.11 Å². The second-order valence-electron chi connectivity index (χ2n) is 3.35. The molecule has 0 bridgehead atoms.